The maximum Gasteiger partial charge on any atom is 0.386 e. The molecule has 0 saturated carbocycles. The molecule has 1 aromatic carbocycles. The maximum absolute atomic E-state index is 5.58. The van der Waals surface area contributed by atoms with Crippen molar-refractivity contribution < 1.29 is 4.43 Å². The second-order valence-electron chi connectivity index (χ2n) is 2.77. The van der Waals surface area contributed by atoms with Crippen LogP contribution in [0, 0.1) is 23.9 Å². The van der Waals surface area contributed by atoms with E-state index in [0.717, 1.165) is 5.19 Å². The highest BCUT2D eigenvalue weighted by Crippen LogP contribution is 2.03. The van der Waals surface area contributed by atoms with E-state index in [2.05, 4.69) is 11.1 Å². The number of hydrogen-bond acceptors (Lipinski definition) is 1. The van der Waals surface area contributed by atoms with Gasteiger partial charge in [0.05, 0.1) is 0 Å². The summed E-state index contributed by atoms with van der Waals surface area (Å²) in [6, 6.07) is 9.64. The molecule has 0 aliphatic rings. The lowest BCUT2D eigenvalue weighted by Gasteiger charge is -2.18. The third-order valence-corrected chi connectivity index (χ3v) is 4.63. The molecule has 0 N–H and O–H groups in total. The Hall–Kier alpha value is -1.48. The molecule has 0 spiro atoms. The summed E-state index contributed by atoms with van der Waals surface area (Å²) in [7, 11) is -2.56. The van der Waals surface area contributed by atoms with Gasteiger partial charge < -0.3 is 4.43 Å². The molecular weight excluding hydrogens is 188 g/mol. The van der Waals surface area contributed by atoms with Gasteiger partial charge in [-0.25, -0.2) is 0 Å². The van der Waals surface area contributed by atoms with E-state index in [4.69, 9.17) is 17.3 Å². The van der Waals surface area contributed by atoms with Gasteiger partial charge in [0.1, 0.15) is 0 Å². The van der Waals surface area contributed by atoms with Gasteiger partial charge in [-0.05, 0) is 12.1 Å². The van der Waals surface area contributed by atoms with Gasteiger partial charge in [0, 0.05) is 6.61 Å². The SMILES string of the molecule is C#C[Si](C#C)(OCC)c1ccccc1. The smallest absolute Gasteiger partial charge is 0.386 e. The highest BCUT2D eigenvalue weighted by atomic mass is 28.4. The average molecular weight is 200 g/mol. The third kappa shape index (κ3) is 1.88. The van der Waals surface area contributed by atoms with Gasteiger partial charge in [-0.3, -0.25) is 0 Å². The first kappa shape index (κ1) is 10.6. The summed E-state index contributed by atoms with van der Waals surface area (Å²) in [6.07, 6.45) is 11.0. The minimum atomic E-state index is -2.56. The van der Waals surface area contributed by atoms with Crippen LogP contribution in [0.4, 0.5) is 0 Å². The molecule has 0 heterocycles. The molecule has 0 unspecified atom stereocenters. The van der Waals surface area contributed by atoms with E-state index in [1.165, 1.54) is 0 Å². The van der Waals surface area contributed by atoms with Crippen molar-refractivity contribution in [2.24, 2.45) is 0 Å². The van der Waals surface area contributed by atoms with Crippen LogP contribution in [0.5, 0.6) is 0 Å². The summed E-state index contributed by atoms with van der Waals surface area (Å²) in [5.41, 5.74) is 5.33. The molecule has 0 bridgehead atoms. The average Bonchev–Trinajstić information content (AvgIpc) is 2.27. The van der Waals surface area contributed by atoms with Gasteiger partial charge in [0.2, 0.25) is 0 Å². The standard InChI is InChI=1S/C12H12OSi/c1-4-13-14(5-2,6-3)12-10-8-7-9-11-12/h2-3,7-11H,4H2,1H3. The van der Waals surface area contributed by atoms with Crippen LogP contribution in [0.1, 0.15) is 6.92 Å². The van der Waals surface area contributed by atoms with Gasteiger partial charge >= 0.3 is 8.32 Å². The minimum absolute atomic E-state index is 0.551. The fraction of sp³-hybridized carbons (Fsp3) is 0.167. The molecule has 1 rings (SSSR count). The lowest BCUT2D eigenvalue weighted by atomic mass is 10.4. The topological polar surface area (TPSA) is 9.23 Å². The number of hydrogen-bond donors (Lipinski definition) is 0. The Labute approximate surface area is 86.2 Å². The minimum Gasteiger partial charge on any atom is -0.394 e. The fourth-order valence-corrected chi connectivity index (χ4v) is 3.11. The van der Waals surface area contributed by atoms with E-state index in [0.29, 0.717) is 6.61 Å². The van der Waals surface area contributed by atoms with Crippen LogP contribution in [0.25, 0.3) is 0 Å². The fourth-order valence-electron chi connectivity index (χ4n) is 1.26. The maximum atomic E-state index is 5.58. The largest absolute Gasteiger partial charge is 0.394 e. The first-order valence-corrected chi connectivity index (χ1v) is 6.35. The third-order valence-electron chi connectivity index (χ3n) is 1.95. The first-order chi connectivity index (χ1) is 6.79. The molecule has 0 aromatic heterocycles. The summed E-state index contributed by atoms with van der Waals surface area (Å²) in [5, 5.41) is 0.965. The van der Waals surface area contributed by atoms with Gasteiger partial charge in [0.15, 0.2) is 0 Å². The summed E-state index contributed by atoms with van der Waals surface area (Å²) in [4.78, 5) is 0. The molecule has 0 atom stereocenters. The van der Waals surface area contributed by atoms with Crippen molar-refractivity contribution in [1.82, 2.24) is 0 Å². The van der Waals surface area contributed by atoms with Crippen LogP contribution in [0.2, 0.25) is 0 Å². The highest BCUT2D eigenvalue weighted by molar-refractivity contribution is 6.99. The summed E-state index contributed by atoms with van der Waals surface area (Å²) >= 11 is 0. The number of benzene rings is 1. The van der Waals surface area contributed by atoms with Crippen LogP contribution in [0.15, 0.2) is 30.3 Å². The van der Waals surface area contributed by atoms with E-state index in [1.54, 1.807) is 0 Å². The molecule has 14 heavy (non-hydrogen) atoms. The van der Waals surface area contributed by atoms with Gasteiger partial charge in [-0.15, -0.1) is 12.8 Å². The molecule has 0 aliphatic carbocycles. The monoisotopic (exact) mass is 200 g/mol. The number of terminal acetylenes is 2. The van der Waals surface area contributed by atoms with Gasteiger partial charge in [-0.1, -0.05) is 41.4 Å². The van der Waals surface area contributed by atoms with Crippen LogP contribution in [-0.4, -0.2) is 14.9 Å². The molecule has 2 heteroatoms. The normalized spacial score (nSPS) is 10.2. The summed E-state index contributed by atoms with van der Waals surface area (Å²) < 4.78 is 5.58. The van der Waals surface area contributed by atoms with Crippen LogP contribution >= 0.6 is 0 Å². The molecule has 1 nitrogen and oxygen atoms in total. The molecule has 0 radical (unpaired) electrons. The lowest BCUT2D eigenvalue weighted by molar-refractivity contribution is 0.349. The Balaban J connectivity index is 3.14. The van der Waals surface area contributed by atoms with Crippen molar-refractivity contribution in [2.45, 2.75) is 6.92 Å². The van der Waals surface area contributed by atoms with Crippen LogP contribution in [0.3, 0.4) is 0 Å². The second kappa shape index (κ2) is 4.67. The molecule has 70 valence electrons. The summed E-state index contributed by atoms with van der Waals surface area (Å²) in [5.74, 6) is 0. The zero-order chi connectivity index (χ0) is 10.4. The Bertz CT molecular complexity index is 356. The predicted octanol–water partition coefficient (Wildman–Crippen LogP) is 1.22. The van der Waals surface area contributed by atoms with E-state index in [9.17, 15) is 0 Å². The van der Waals surface area contributed by atoms with E-state index >= 15 is 0 Å². The zero-order valence-corrected chi connectivity index (χ0v) is 9.16. The Morgan fingerprint density at radius 1 is 1.21 bits per heavy atom. The zero-order valence-electron chi connectivity index (χ0n) is 8.16. The number of rotatable bonds is 3. The molecule has 1 aromatic rings. The molecule has 0 fully saturated rings. The van der Waals surface area contributed by atoms with Crippen LogP contribution in [-0.2, 0) is 4.43 Å². The van der Waals surface area contributed by atoms with E-state index in [1.807, 2.05) is 37.3 Å². The Morgan fingerprint density at radius 3 is 2.21 bits per heavy atom. The van der Waals surface area contributed by atoms with Gasteiger partial charge in [-0.2, -0.15) is 0 Å². The lowest BCUT2D eigenvalue weighted by Crippen LogP contribution is -2.49. The second-order valence-corrected chi connectivity index (χ2v) is 5.57. The molecule has 0 saturated heterocycles. The van der Waals surface area contributed by atoms with Crippen molar-refractivity contribution >= 4 is 13.5 Å². The van der Waals surface area contributed by atoms with Crippen molar-refractivity contribution in [3.63, 3.8) is 0 Å². The molecular formula is C12H12OSi. The van der Waals surface area contributed by atoms with Gasteiger partial charge in [0.25, 0.3) is 0 Å². The van der Waals surface area contributed by atoms with Crippen LogP contribution < -0.4 is 5.19 Å². The highest BCUT2D eigenvalue weighted by Gasteiger charge is 2.33. The quantitative estimate of drug-likeness (QED) is 0.526. The van der Waals surface area contributed by atoms with Crippen molar-refractivity contribution in [2.75, 3.05) is 6.61 Å². The molecule has 0 amide bonds. The Morgan fingerprint density at radius 2 is 1.79 bits per heavy atom. The van der Waals surface area contributed by atoms with Crippen molar-refractivity contribution in [3.8, 4) is 23.9 Å². The van der Waals surface area contributed by atoms with E-state index < -0.39 is 8.32 Å². The van der Waals surface area contributed by atoms with E-state index in [-0.39, 0.29) is 0 Å². The Kier molecular flexibility index (Phi) is 3.53. The molecule has 0 aliphatic heterocycles. The van der Waals surface area contributed by atoms with Crippen molar-refractivity contribution in [3.05, 3.63) is 30.3 Å². The summed E-state index contributed by atoms with van der Waals surface area (Å²) in [6.45, 7) is 2.45. The first-order valence-electron chi connectivity index (χ1n) is 4.44. The predicted molar refractivity (Wildman–Crippen MR) is 61.1 cm³/mol. The van der Waals surface area contributed by atoms with Crippen molar-refractivity contribution in [1.29, 1.82) is 0 Å².